The summed E-state index contributed by atoms with van der Waals surface area (Å²) in [6, 6.07) is 20.2. The third-order valence-electron chi connectivity index (χ3n) is 5.51. The number of hydrogen-bond donors (Lipinski definition) is 1. The number of fused-ring (bicyclic) bond motifs is 1. The van der Waals surface area contributed by atoms with Gasteiger partial charge in [0.05, 0.1) is 11.3 Å². The summed E-state index contributed by atoms with van der Waals surface area (Å²) in [4.78, 5) is 14.6. The van der Waals surface area contributed by atoms with Crippen molar-refractivity contribution in [1.29, 1.82) is 0 Å². The standard InChI is InChI=1S/C23H23N3O3S/c1-23(19-8-4-2-5-9-19,20-10-6-3-7-11-20)17-24-22(27)18-12-13-21-25-30(28,29)15-14-26(21)16-18/h2-13,16H,14-15,17H2,1H3,(H,24,27). The first-order chi connectivity index (χ1) is 14.4. The predicted octanol–water partition coefficient (Wildman–Crippen LogP) is 2.61. The largest absolute Gasteiger partial charge is 0.351 e. The Kier molecular flexibility index (Phi) is 5.30. The van der Waals surface area contributed by atoms with Crippen molar-refractivity contribution in [2.75, 3.05) is 18.8 Å². The highest BCUT2D eigenvalue weighted by Gasteiger charge is 2.30. The van der Waals surface area contributed by atoms with Gasteiger partial charge in [0, 0.05) is 24.7 Å². The van der Waals surface area contributed by atoms with Gasteiger partial charge >= 0.3 is 0 Å². The van der Waals surface area contributed by atoms with Crippen molar-refractivity contribution in [1.82, 2.24) is 10.2 Å². The Morgan fingerprint density at radius 3 is 2.23 bits per heavy atom. The SMILES string of the molecule is CC(CNC(=O)C1=CN2CCS(=O)(=O)N=C2C=C1)(c1ccccc1)c1ccccc1. The molecule has 0 saturated carbocycles. The van der Waals surface area contributed by atoms with E-state index in [2.05, 4.69) is 40.9 Å². The molecule has 0 aromatic heterocycles. The maximum atomic E-state index is 12.9. The van der Waals surface area contributed by atoms with E-state index in [9.17, 15) is 13.2 Å². The molecule has 0 fully saturated rings. The zero-order valence-corrected chi connectivity index (χ0v) is 17.5. The van der Waals surface area contributed by atoms with Crippen LogP contribution in [0, 0.1) is 0 Å². The topological polar surface area (TPSA) is 78.8 Å². The summed E-state index contributed by atoms with van der Waals surface area (Å²) < 4.78 is 27.1. The lowest BCUT2D eigenvalue weighted by molar-refractivity contribution is -0.117. The van der Waals surface area contributed by atoms with E-state index in [0.29, 0.717) is 18.0 Å². The third-order valence-corrected chi connectivity index (χ3v) is 6.67. The molecule has 7 heteroatoms. The Morgan fingerprint density at radius 2 is 1.63 bits per heavy atom. The number of benzene rings is 2. The number of amidine groups is 1. The first-order valence-electron chi connectivity index (χ1n) is 9.76. The maximum absolute atomic E-state index is 12.9. The molecule has 0 saturated heterocycles. The van der Waals surface area contributed by atoms with Gasteiger partial charge in [0.15, 0.2) is 0 Å². The van der Waals surface area contributed by atoms with E-state index in [-0.39, 0.29) is 18.2 Å². The smallest absolute Gasteiger partial charge is 0.256 e. The van der Waals surface area contributed by atoms with Crippen LogP contribution >= 0.6 is 0 Å². The van der Waals surface area contributed by atoms with E-state index in [1.165, 1.54) is 0 Å². The molecule has 1 N–H and O–H groups in total. The first kappa shape index (κ1) is 20.1. The van der Waals surface area contributed by atoms with Gasteiger partial charge in [-0.1, -0.05) is 60.7 Å². The van der Waals surface area contributed by atoms with Crippen LogP contribution in [0.3, 0.4) is 0 Å². The number of amides is 1. The van der Waals surface area contributed by atoms with Gasteiger partial charge < -0.3 is 10.2 Å². The molecule has 1 amide bonds. The van der Waals surface area contributed by atoms with Gasteiger partial charge in [-0.3, -0.25) is 4.79 Å². The molecule has 0 radical (unpaired) electrons. The van der Waals surface area contributed by atoms with Gasteiger partial charge in [0.25, 0.3) is 15.9 Å². The highest BCUT2D eigenvalue weighted by molar-refractivity contribution is 7.90. The molecule has 0 spiro atoms. The van der Waals surface area contributed by atoms with E-state index < -0.39 is 15.4 Å². The Bertz CT molecular complexity index is 1100. The minimum Gasteiger partial charge on any atom is -0.351 e. The van der Waals surface area contributed by atoms with Crippen LogP contribution in [-0.2, 0) is 20.2 Å². The van der Waals surface area contributed by atoms with Gasteiger partial charge in [-0.2, -0.15) is 0 Å². The summed E-state index contributed by atoms with van der Waals surface area (Å²) in [6.07, 6.45) is 4.83. The van der Waals surface area contributed by atoms with Crippen LogP contribution in [0.5, 0.6) is 0 Å². The van der Waals surface area contributed by atoms with Crippen molar-refractivity contribution in [3.63, 3.8) is 0 Å². The Labute approximate surface area is 176 Å². The highest BCUT2D eigenvalue weighted by atomic mass is 32.2. The molecule has 0 unspecified atom stereocenters. The monoisotopic (exact) mass is 421 g/mol. The van der Waals surface area contributed by atoms with Crippen molar-refractivity contribution in [2.24, 2.45) is 4.40 Å². The Balaban J connectivity index is 1.55. The van der Waals surface area contributed by atoms with Crippen LogP contribution in [0.2, 0.25) is 0 Å². The molecule has 2 aromatic rings. The minimum absolute atomic E-state index is 0.0597. The van der Waals surface area contributed by atoms with Crippen LogP contribution in [0.15, 0.2) is 89.0 Å². The van der Waals surface area contributed by atoms with Crippen LogP contribution in [0.1, 0.15) is 18.1 Å². The van der Waals surface area contributed by atoms with Crippen molar-refractivity contribution in [2.45, 2.75) is 12.3 Å². The minimum atomic E-state index is -3.42. The molecular formula is C23H23N3O3S. The first-order valence-corrected chi connectivity index (χ1v) is 11.4. The average Bonchev–Trinajstić information content (AvgIpc) is 2.77. The molecule has 0 aliphatic carbocycles. The maximum Gasteiger partial charge on any atom is 0.256 e. The van der Waals surface area contributed by atoms with Gasteiger partial charge in [0.2, 0.25) is 0 Å². The summed E-state index contributed by atoms with van der Waals surface area (Å²) >= 11 is 0. The lowest BCUT2D eigenvalue weighted by Crippen LogP contribution is -2.41. The van der Waals surface area contributed by atoms with E-state index in [1.54, 1.807) is 23.3 Å². The molecule has 30 heavy (non-hydrogen) atoms. The lowest BCUT2D eigenvalue weighted by Gasteiger charge is -2.32. The molecule has 0 atom stereocenters. The second kappa shape index (κ2) is 7.91. The highest BCUT2D eigenvalue weighted by Crippen LogP contribution is 2.31. The quantitative estimate of drug-likeness (QED) is 0.805. The average molecular weight is 422 g/mol. The molecule has 154 valence electrons. The fourth-order valence-corrected chi connectivity index (χ4v) is 4.65. The molecule has 2 heterocycles. The van der Waals surface area contributed by atoms with Crippen LogP contribution in [0.4, 0.5) is 0 Å². The van der Waals surface area contributed by atoms with E-state index in [1.807, 2.05) is 36.4 Å². The number of sulfonamides is 1. The molecule has 2 aliphatic heterocycles. The fraction of sp³-hybridized carbons (Fsp3) is 0.217. The number of nitrogens with zero attached hydrogens (tertiary/aromatic N) is 2. The summed E-state index contributed by atoms with van der Waals surface area (Å²) in [5.74, 6) is 0.0727. The predicted molar refractivity (Wildman–Crippen MR) is 117 cm³/mol. The van der Waals surface area contributed by atoms with E-state index in [4.69, 9.17) is 0 Å². The number of carbonyl (C=O) groups excluding carboxylic acids is 1. The van der Waals surface area contributed by atoms with Crippen molar-refractivity contribution >= 4 is 21.8 Å². The summed E-state index contributed by atoms with van der Waals surface area (Å²) in [6.45, 7) is 2.82. The normalized spacial score (nSPS) is 17.6. The van der Waals surface area contributed by atoms with Gasteiger partial charge in [-0.15, -0.1) is 4.40 Å². The number of rotatable bonds is 5. The zero-order valence-electron chi connectivity index (χ0n) is 16.7. The Hall–Kier alpha value is -3.19. The summed E-state index contributed by atoms with van der Waals surface area (Å²) in [7, 11) is -3.42. The van der Waals surface area contributed by atoms with Crippen molar-refractivity contribution in [3.05, 3.63) is 95.7 Å². The molecule has 4 rings (SSSR count). The van der Waals surface area contributed by atoms with E-state index in [0.717, 1.165) is 11.1 Å². The number of carbonyl (C=O) groups is 1. The van der Waals surface area contributed by atoms with Gasteiger partial charge in [-0.05, 0) is 30.2 Å². The van der Waals surface area contributed by atoms with Gasteiger partial charge in [-0.25, -0.2) is 8.42 Å². The molecule has 2 aromatic carbocycles. The fourth-order valence-electron chi connectivity index (χ4n) is 3.68. The summed E-state index contributed by atoms with van der Waals surface area (Å²) in [5, 5.41) is 3.06. The van der Waals surface area contributed by atoms with Crippen LogP contribution in [-0.4, -0.2) is 43.9 Å². The molecule has 6 nitrogen and oxygen atoms in total. The van der Waals surface area contributed by atoms with Crippen molar-refractivity contribution in [3.8, 4) is 0 Å². The van der Waals surface area contributed by atoms with Crippen LogP contribution in [0.25, 0.3) is 0 Å². The zero-order chi connectivity index (χ0) is 21.2. The van der Waals surface area contributed by atoms with Crippen molar-refractivity contribution < 1.29 is 13.2 Å². The van der Waals surface area contributed by atoms with Crippen LogP contribution < -0.4 is 5.32 Å². The third kappa shape index (κ3) is 4.07. The van der Waals surface area contributed by atoms with Gasteiger partial charge in [0.1, 0.15) is 5.84 Å². The van der Waals surface area contributed by atoms with E-state index >= 15 is 0 Å². The molecule has 2 aliphatic rings. The second-order valence-corrected chi connectivity index (χ2v) is 9.35. The number of hydrogen-bond acceptors (Lipinski definition) is 4. The second-order valence-electron chi connectivity index (χ2n) is 7.59. The molecular weight excluding hydrogens is 398 g/mol. The number of nitrogens with one attached hydrogen (secondary N) is 1. The Morgan fingerprint density at radius 1 is 1.03 bits per heavy atom. The lowest BCUT2D eigenvalue weighted by atomic mass is 9.76. The summed E-state index contributed by atoms with van der Waals surface area (Å²) in [5.41, 5.74) is 2.29. The molecule has 0 bridgehead atoms.